The van der Waals surface area contributed by atoms with Crippen LogP contribution < -0.4 is 16.4 Å². The van der Waals surface area contributed by atoms with Crippen LogP contribution in [-0.4, -0.2) is 46.8 Å². The molecule has 2 unspecified atom stereocenters. The highest BCUT2D eigenvalue weighted by Crippen LogP contribution is 2.07. The summed E-state index contributed by atoms with van der Waals surface area (Å²) in [6.45, 7) is 3.15. The molecule has 0 aliphatic carbocycles. The number of aliphatic hydroxyl groups excluding tert-OH is 1. The van der Waals surface area contributed by atoms with Gasteiger partial charge in [0.15, 0.2) is 6.10 Å². The molecule has 0 aromatic rings. The summed E-state index contributed by atoms with van der Waals surface area (Å²) in [5, 5.41) is 22.0. The summed E-state index contributed by atoms with van der Waals surface area (Å²) in [6.07, 6.45) is -1.06. The first-order valence-electron chi connectivity index (χ1n) is 5.54. The number of carbonyl (C=O) groups is 3. The Morgan fingerprint density at radius 3 is 2.28 bits per heavy atom. The number of carboxylic acid groups (broad SMARTS) is 1. The summed E-state index contributed by atoms with van der Waals surface area (Å²) in [6, 6.07) is -1.69. The molecule has 0 aromatic carbocycles. The second kappa shape index (κ2) is 7.49. The van der Waals surface area contributed by atoms with Crippen molar-refractivity contribution in [1.82, 2.24) is 10.6 Å². The molecule has 0 radical (unpaired) electrons. The van der Waals surface area contributed by atoms with Gasteiger partial charge >= 0.3 is 12.0 Å². The Morgan fingerprint density at radius 2 is 1.89 bits per heavy atom. The zero-order chi connectivity index (χ0) is 14.3. The maximum absolute atomic E-state index is 11.7. The molecule has 8 nitrogen and oxygen atoms in total. The highest BCUT2D eigenvalue weighted by atomic mass is 16.4. The predicted octanol–water partition coefficient (Wildman–Crippen LogP) is -1.37. The minimum atomic E-state index is -1.68. The molecule has 0 aromatic heterocycles. The molecule has 8 heteroatoms. The van der Waals surface area contributed by atoms with Gasteiger partial charge in [-0.15, -0.1) is 0 Å². The van der Waals surface area contributed by atoms with Crippen LogP contribution in [0.3, 0.4) is 0 Å². The van der Waals surface area contributed by atoms with Gasteiger partial charge < -0.3 is 26.6 Å². The van der Waals surface area contributed by atoms with Crippen molar-refractivity contribution in [1.29, 1.82) is 0 Å². The van der Waals surface area contributed by atoms with E-state index >= 15 is 0 Å². The third kappa shape index (κ3) is 5.48. The normalized spacial score (nSPS) is 15.3. The summed E-state index contributed by atoms with van der Waals surface area (Å²) in [4.78, 5) is 32.8. The van der Waals surface area contributed by atoms with Crippen molar-refractivity contribution in [2.75, 3.05) is 6.54 Å². The molecule has 104 valence electrons. The van der Waals surface area contributed by atoms with Gasteiger partial charge in [0.25, 0.3) is 0 Å². The molecule has 0 fully saturated rings. The monoisotopic (exact) mass is 261 g/mol. The summed E-state index contributed by atoms with van der Waals surface area (Å²) < 4.78 is 0. The largest absolute Gasteiger partial charge is 0.479 e. The van der Waals surface area contributed by atoms with E-state index in [9.17, 15) is 14.4 Å². The fraction of sp³-hybridized carbons (Fsp3) is 0.700. The third-order valence-corrected chi connectivity index (χ3v) is 2.55. The quantitative estimate of drug-likeness (QED) is 0.384. The molecular weight excluding hydrogens is 242 g/mol. The van der Waals surface area contributed by atoms with Crippen LogP contribution in [-0.2, 0) is 9.59 Å². The minimum absolute atomic E-state index is 0.167. The first kappa shape index (κ1) is 16.2. The fourth-order valence-electron chi connectivity index (χ4n) is 1.25. The van der Waals surface area contributed by atoms with Gasteiger partial charge in [-0.1, -0.05) is 20.3 Å². The molecule has 0 spiro atoms. The van der Waals surface area contributed by atoms with Gasteiger partial charge in [-0.05, 0) is 5.92 Å². The van der Waals surface area contributed by atoms with E-state index < -0.39 is 36.6 Å². The number of aliphatic carboxylic acids is 1. The maximum atomic E-state index is 11.7. The van der Waals surface area contributed by atoms with E-state index in [0.29, 0.717) is 6.42 Å². The van der Waals surface area contributed by atoms with Crippen molar-refractivity contribution in [3.8, 4) is 0 Å². The van der Waals surface area contributed by atoms with E-state index in [1.807, 2.05) is 6.92 Å². The summed E-state index contributed by atoms with van der Waals surface area (Å²) >= 11 is 0. The Hall–Kier alpha value is -1.83. The predicted molar refractivity (Wildman–Crippen MR) is 62.6 cm³/mol. The van der Waals surface area contributed by atoms with E-state index in [4.69, 9.17) is 15.9 Å². The fourth-order valence-corrected chi connectivity index (χ4v) is 1.25. The zero-order valence-corrected chi connectivity index (χ0v) is 10.3. The van der Waals surface area contributed by atoms with Crippen LogP contribution in [0.15, 0.2) is 0 Å². The number of rotatable bonds is 7. The summed E-state index contributed by atoms with van der Waals surface area (Å²) in [7, 11) is 0. The molecule has 18 heavy (non-hydrogen) atoms. The minimum Gasteiger partial charge on any atom is -0.479 e. The number of aliphatic hydroxyl groups is 1. The van der Waals surface area contributed by atoms with Gasteiger partial charge in [0.05, 0.1) is 6.54 Å². The molecule has 6 N–H and O–H groups in total. The van der Waals surface area contributed by atoms with Gasteiger partial charge in [0, 0.05) is 0 Å². The van der Waals surface area contributed by atoms with Crippen LogP contribution >= 0.6 is 0 Å². The lowest BCUT2D eigenvalue weighted by molar-refractivity contribution is -0.146. The Bertz CT molecular complexity index is 321. The van der Waals surface area contributed by atoms with Crippen molar-refractivity contribution in [3.05, 3.63) is 0 Å². The molecule has 0 heterocycles. The van der Waals surface area contributed by atoms with E-state index in [0.717, 1.165) is 0 Å². The average molecular weight is 261 g/mol. The Kier molecular flexibility index (Phi) is 6.73. The van der Waals surface area contributed by atoms with Crippen LogP contribution in [0.1, 0.15) is 20.3 Å². The third-order valence-electron chi connectivity index (χ3n) is 2.55. The van der Waals surface area contributed by atoms with E-state index in [-0.39, 0.29) is 5.92 Å². The second-order valence-corrected chi connectivity index (χ2v) is 3.97. The molecule has 0 saturated heterocycles. The van der Waals surface area contributed by atoms with E-state index in [2.05, 4.69) is 10.6 Å². The van der Waals surface area contributed by atoms with Crippen LogP contribution in [0.4, 0.5) is 4.79 Å². The number of carboxylic acids is 1. The Labute approximate surface area is 105 Å². The molecule has 0 aliphatic heterocycles. The lowest BCUT2D eigenvalue weighted by atomic mass is 9.98. The smallest absolute Gasteiger partial charge is 0.334 e. The van der Waals surface area contributed by atoms with Crippen LogP contribution in [0.2, 0.25) is 0 Å². The highest BCUT2D eigenvalue weighted by Gasteiger charge is 2.26. The Balaban J connectivity index is 4.47. The van der Waals surface area contributed by atoms with E-state index in [1.165, 1.54) is 0 Å². The highest BCUT2D eigenvalue weighted by molar-refractivity contribution is 5.87. The molecule has 0 saturated carbocycles. The van der Waals surface area contributed by atoms with Gasteiger partial charge in [0.1, 0.15) is 6.04 Å². The SMILES string of the molecule is CCC(C)C(NC(N)=O)C(=O)NC[C@H](O)C(=O)O. The number of primary amides is 1. The van der Waals surface area contributed by atoms with Gasteiger partial charge in [-0.2, -0.15) is 0 Å². The second-order valence-electron chi connectivity index (χ2n) is 3.97. The number of amides is 3. The lowest BCUT2D eigenvalue weighted by Crippen LogP contribution is -2.53. The lowest BCUT2D eigenvalue weighted by Gasteiger charge is -2.22. The molecule has 3 amide bonds. The van der Waals surface area contributed by atoms with Crippen LogP contribution in [0, 0.1) is 5.92 Å². The number of urea groups is 1. The number of carbonyl (C=O) groups excluding carboxylic acids is 2. The Morgan fingerprint density at radius 1 is 1.33 bits per heavy atom. The molecule has 0 bridgehead atoms. The van der Waals surface area contributed by atoms with Crippen LogP contribution in [0.5, 0.6) is 0 Å². The number of hydrogen-bond acceptors (Lipinski definition) is 4. The number of nitrogens with two attached hydrogens (primary N) is 1. The first-order chi connectivity index (χ1) is 8.29. The summed E-state index contributed by atoms with van der Waals surface area (Å²) in [5.74, 6) is -2.18. The van der Waals surface area contributed by atoms with Gasteiger partial charge in [0.2, 0.25) is 5.91 Å². The number of nitrogens with one attached hydrogen (secondary N) is 2. The average Bonchev–Trinajstić information content (AvgIpc) is 2.31. The first-order valence-corrected chi connectivity index (χ1v) is 5.54. The molecule has 0 aliphatic rings. The van der Waals surface area contributed by atoms with Crippen molar-refractivity contribution in [2.45, 2.75) is 32.4 Å². The molecule has 0 rings (SSSR count). The topological polar surface area (TPSA) is 142 Å². The van der Waals surface area contributed by atoms with Crippen molar-refractivity contribution in [2.24, 2.45) is 11.7 Å². The van der Waals surface area contributed by atoms with Gasteiger partial charge in [-0.25, -0.2) is 9.59 Å². The van der Waals surface area contributed by atoms with Crippen molar-refractivity contribution >= 4 is 17.9 Å². The van der Waals surface area contributed by atoms with Gasteiger partial charge in [-0.3, -0.25) is 4.79 Å². The zero-order valence-electron chi connectivity index (χ0n) is 10.3. The van der Waals surface area contributed by atoms with Crippen LogP contribution in [0.25, 0.3) is 0 Å². The van der Waals surface area contributed by atoms with Crippen molar-refractivity contribution < 1.29 is 24.6 Å². The van der Waals surface area contributed by atoms with Crippen molar-refractivity contribution in [3.63, 3.8) is 0 Å². The molecular formula is C10H19N3O5. The molecule has 3 atom stereocenters. The standard InChI is InChI=1S/C10H19N3O5/c1-3-5(2)7(13-10(11)18)8(15)12-4-6(14)9(16)17/h5-7,14H,3-4H2,1-2H3,(H,12,15)(H,16,17)(H3,11,13,18)/t5?,6-,7?/m0/s1. The number of hydrogen-bond donors (Lipinski definition) is 5. The summed E-state index contributed by atoms with van der Waals surface area (Å²) in [5.41, 5.74) is 4.95. The van der Waals surface area contributed by atoms with E-state index in [1.54, 1.807) is 6.92 Å². The maximum Gasteiger partial charge on any atom is 0.334 e.